The van der Waals surface area contributed by atoms with Crippen LogP contribution in [0.2, 0.25) is 10.0 Å². The first-order chi connectivity index (χ1) is 8.99. The molecule has 0 saturated carbocycles. The van der Waals surface area contributed by atoms with Gasteiger partial charge in [-0.05, 0) is 25.1 Å². The Morgan fingerprint density at radius 1 is 1.42 bits per heavy atom. The van der Waals surface area contributed by atoms with E-state index in [4.69, 9.17) is 23.2 Å². The molecule has 0 radical (unpaired) electrons. The first-order valence-corrected chi connectivity index (χ1v) is 7.12. The van der Waals surface area contributed by atoms with Gasteiger partial charge >= 0.3 is 0 Å². The van der Waals surface area contributed by atoms with E-state index in [1.807, 2.05) is 6.92 Å². The number of carbonyl (C=O) groups is 1. The van der Waals surface area contributed by atoms with Gasteiger partial charge in [-0.1, -0.05) is 35.0 Å². The molecule has 1 aromatic heterocycles. The largest absolute Gasteiger partial charge is 0.293 e. The Bertz CT molecular complexity index is 615. The number of nitrogens with zero attached hydrogens (tertiary/aromatic N) is 3. The van der Waals surface area contributed by atoms with Gasteiger partial charge in [-0.15, -0.1) is 0 Å². The number of rotatable bonds is 4. The quantitative estimate of drug-likeness (QED) is 0.640. The van der Waals surface area contributed by atoms with Crippen molar-refractivity contribution in [2.75, 3.05) is 0 Å². The number of halogens is 2. The molecule has 100 valence electrons. The lowest BCUT2D eigenvalue weighted by atomic mass is 10.1. The van der Waals surface area contributed by atoms with Crippen molar-refractivity contribution in [3.05, 3.63) is 40.1 Å². The van der Waals surface area contributed by atoms with E-state index >= 15 is 0 Å². The highest BCUT2D eigenvalue weighted by Crippen LogP contribution is 2.27. The maximum atomic E-state index is 12.3. The Morgan fingerprint density at radius 2 is 2.16 bits per heavy atom. The Labute approximate surface area is 125 Å². The molecule has 2 aromatic rings. The normalized spacial score (nSPS) is 12.4. The standard InChI is InChI=1S/C12H11Cl2N3OS/c1-7(19-12-15-6-16-17(12)2)11(18)9-4-3-8(13)5-10(9)14/h3-7H,1-2H3. The maximum Gasteiger partial charge on any atom is 0.186 e. The molecule has 0 aliphatic carbocycles. The van der Waals surface area contributed by atoms with Gasteiger partial charge in [0, 0.05) is 17.6 Å². The minimum absolute atomic E-state index is 0.0605. The fourth-order valence-electron chi connectivity index (χ4n) is 1.51. The highest BCUT2D eigenvalue weighted by Gasteiger charge is 2.20. The van der Waals surface area contributed by atoms with E-state index in [9.17, 15) is 4.79 Å². The molecule has 19 heavy (non-hydrogen) atoms. The molecule has 0 bridgehead atoms. The number of aryl methyl sites for hydroxylation is 1. The van der Waals surface area contributed by atoms with Crippen molar-refractivity contribution < 1.29 is 4.79 Å². The van der Waals surface area contributed by atoms with Gasteiger partial charge in [0.15, 0.2) is 10.9 Å². The van der Waals surface area contributed by atoms with Gasteiger partial charge in [0.25, 0.3) is 0 Å². The van der Waals surface area contributed by atoms with Crippen molar-refractivity contribution in [3.8, 4) is 0 Å². The molecule has 1 aromatic carbocycles. The summed E-state index contributed by atoms with van der Waals surface area (Å²) in [5, 5.41) is 5.22. The fraction of sp³-hybridized carbons (Fsp3) is 0.250. The average molecular weight is 316 g/mol. The fourth-order valence-corrected chi connectivity index (χ4v) is 2.87. The molecule has 1 unspecified atom stereocenters. The predicted octanol–water partition coefficient (Wildman–Crippen LogP) is 3.49. The van der Waals surface area contributed by atoms with Gasteiger partial charge in [-0.25, -0.2) is 9.67 Å². The molecule has 7 heteroatoms. The zero-order valence-electron chi connectivity index (χ0n) is 10.3. The molecule has 4 nitrogen and oxygen atoms in total. The second-order valence-corrected chi connectivity index (χ2v) is 6.07. The average Bonchev–Trinajstić information content (AvgIpc) is 2.74. The van der Waals surface area contributed by atoms with Crippen LogP contribution in [-0.2, 0) is 7.05 Å². The molecule has 0 aliphatic rings. The lowest BCUT2D eigenvalue weighted by Crippen LogP contribution is -2.15. The molecule has 1 heterocycles. The van der Waals surface area contributed by atoms with E-state index < -0.39 is 0 Å². The smallest absolute Gasteiger partial charge is 0.186 e. The summed E-state index contributed by atoms with van der Waals surface area (Å²) >= 11 is 13.2. The highest BCUT2D eigenvalue weighted by atomic mass is 35.5. The Morgan fingerprint density at radius 3 is 2.74 bits per heavy atom. The van der Waals surface area contributed by atoms with E-state index in [2.05, 4.69) is 10.1 Å². The number of hydrogen-bond acceptors (Lipinski definition) is 4. The van der Waals surface area contributed by atoms with Crippen molar-refractivity contribution in [2.24, 2.45) is 7.05 Å². The maximum absolute atomic E-state index is 12.3. The molecule has 1 atom stereocenters. The minimum atomic E-state index is -0.304. The monoisotopic (exact) mass is 315 g/mol. The van der Waals surface area contributed by atoms with Crippen molar-refractivity contribution in [2.45, 2.75) is 17.3 Å². The summed E-state index contributed by atoms with van der Waals surface area (Å²) < 4.78 is 1.62. The van der Waals surface area contributed by atoms with Crippen LogP contribution in [0.25, 0.3) is 0 Å². The van der Waals surface area contributed by atoms with Gasteiger partial charge in [0.1, 0.15) is 6.33 Å². The third-order valence-electron chi connectivity index (χ3n) is 2.52. The number of benzene rings is 1. The van der Waals surface area contributed by atoms with Crippen molar-refractivity contribution in [1.29, 1.82) is 0 Å². The van der Waals surface area contributed by atoms with E-state index in [1.54, 1.807) is 29.9 Å². The van der Waals surface area contributed by atoms with Crippen LogP contribution in [0.5, 0.6) is 0 Å². The molecular weight excluding hydrogens is 305 g/mol. The third-order valence-corrected chi connectivity index (χ3v) is 4.21. The number of hydrogen-bond donors (Lipinski definition) is 0. The third kappa shape index (κ3) is 3.29. The van der Waals surface area contributed by atoms with E-state index in [0.29, 0.717) is 20.8 Å². The van der Waals surface area contributed by atoms with Crippen LogP contribution in [-0.4, -0.2) is 25.8 Å². The topological polar surface area (TPSA) is 47.8 Å². The summed E-state index contributed by atoms with van der Waals surface area (Å²) in [7, 11) is 1.78. The van der Waals surface area contributed by atoms with Crippen LogP contribution in [0, 0.1) is 0 Å². The Kier molecular flexibility index (Phi) is 4.50. The lowest BCUT2D eigenvalue weighted by molar-refractivity contribution is 0.0994. The number of aromatic nitrogens is 3. The zero-order chi connectivity index (χ0) is 14.0. The SMILES string of the molecule is CC(Sc1ncnn1C)C(=O)c1ccc(Cl)cc1Cl. The van der Waals surface area contributed by atoms with E-state index in [0.717, 1.165) is 0 Å². The van der Waals surface area contributed by atoms with Crippen LogP contribution in [0.1, 0.15) is 17.3 Å². The number of ketones is 1. The summed E-state index contributed by atoms with van der Waals surface area (Å²) in [6, 6.07) is 4.86. The van der Waals surface area contributed by atoms with Crippen molar-refractivity contribution >= 4 is 40.7 Å². The van der Waals surface area contributed by atoms with Crippen LogP contribution < -0.4 is 0 Å². The molecule has 0 N–H and O–H groups in total. The summed E-state index contributed by atoms with van der Waals surface area (Å²) in [6.45, 7) is 1.81. The second-order valence-electron chi connectivity index (χ2n) is 3.91. The molecule has 0 saturated heterocycles. The number of Topliss-reactive ketones (excluding diaryl/α,β-unsaturated/α-hetero) is 1. The molecule has 0 amide bonds. The lowest BCUT2D eigenvalue weighted by Gasteiger charge is -2.10. The summed E-state index contributed by atoms with van der Waals surface area (Å²) in [5.74, 6) is -0.0605. The van der Waals surface area contributed by atoms with Crippen molar-refractivity contribution in [3.63, 3.8) is 0 Å². The van der Waals surface area contributed by atoms with Gasteiger partial charge in [-0.2, -0.15) is 5.10 Å². The molecule has 0 fully saturated rings. The van der Waals surface area contributed by atoms with Gasteiger partial charge < -0.3 is 0 Å². The summed E-state index contributed by atoms with van der Waals surface area (Å²) in [5.41, 5.74) is 0.466. The first-order valence-electron chi connectivity index (χ1n) is 5.49. The molecule has 0 aliphatic heterocycles. The molecular formula is C12H11Cl2N3OS. The summed E-state index contributed by atoms with van der Waals surface area (Å²) in [4.78, 5) is 16.4. The second kappa shape index (κ2) is 5.94. The zero-order valence-corrected chi connectivity index (χ0v) is 12.6. The van der Waals surface area contributed by atoms with E-state index in [-0.39, 0.29) is 11.0 Å². The van der Waals surface area contributed by atoms with E-state index in [1.165, 1.54) is 18.1 Å². The van der Waals surface area contributed by atoms with Gasteiger partial charge in [-0.3, -0.25) is 4.79 Å². The summed E-state index contributed by atoms with van der Waals surface area (Å²) in [6.07, 6.45) is 1.45. The van der Waals surface area contributed by atoms with Crippen LogP contribution in [0.15, 0.2) is 29.7 Å². The van der Waals surface area contributed by atoms with Crippen LogP contribution in [0.3, 0.4) is 0 Å². The highest BCUT2D eigenvalue weighted by molar-refractivity contribution is 8.00. The number of thioether (sulfide) groups is 1. The molecule has 0 spiro atoms. The number of carbonyl (C=O) groups excluding carboxylic acids is 1. The predicted molar refractivity (Wildman–Crippen MR) is 77.1 cm³/mol. The van der Waals surface area contributed by atoms with Gasteiger partial charge in [0.2, 0.25) is 0 Å². The van der Waals surface area contributed by atoms with Crippen molar-refractivity contribution in [1.82, 2.24) is 14.8 Å². The Hall–Kier alpha value is -1.04. The minimum Gasteiger partial charge on any atom is -0.293 e. The Balaban J connectivity index is 2.17. The van der Waals surface area contributed by atoms with Crippen LogP contribution in [0.4, 0.5) is 0 Å². The molecule has 2 rings (SSSR count). The van der Waals surface area contributed by atoms with Gasteiger partial charge in [0.05, 0.1) is 10.3 Å². The van der Waals surface area contributed by atoms with Crippen LogP contribution >= 0.6 is 35.0 Å². The first kappa shape index (κ1) is 14.4.